The Morgan fingerprint density at radius 1 is 0.438 bits per heavy atom. The number of hydrogen-bond acceptors (Lipinski definition) is 1. The van der Waals surface area contributed by atoms with Gasteiger partial charge in [0.25, 0.3) is 0 Å². The van der Waals surface area contributed by atoms with Crippen LogP contribution in [0.1, 0.15) is 0 Å². The molecule has 0 aliphatic rings. The second kappa shape index (κ2) is 6.81. The highest BCUT2D eigenvalue weighted by Crippen LogP contribution is 2.45. The summed E-state index contributed by atoms with van der Waals surface area (Å²) in [5.41, 5.74) is 7.52. The summed E-state index contributed by atoms with van der Waals surface area (Å²) in [6.45, 7) is 0. The number of fused-ring (bicyclic) bond motifs is 6. The van der Waals surface area contributed by atoms with Crippen molar-refractivity contribution in [1.82, 2.24) is 4.98 Å². The topological polar surface area (TPSA) is 15.8 Å². The Kier molecular flexibility index (Phi) is 3.78. The Morgan fingerprint density at radius 2 is 1.03 bits per heavy atom. The number of para-hydroxylation sites is 2. The van der Waals surface area contributed by atoms with Crippen LogP contribution in [0.3, 0.4) is 0 Å². The minimum atomic E-state index is 1.19. The molecule has 1 N–H and O–H groups in total. The predicted molar refractivity (Wildman–Crippen MR) is 140 cm³/mol. The Bertz CT molecular complexity index is 1770. The summed E-state index contributed by atoms with van der Waals surface area (Å²) in [7, 11) is 0. The first kappa shape index (κ1) is 17.8. The molecule has 7 rings (SSSR count). The van der Waals surface area contributed by atoms with E-state index < -0.39 is 0 Å². The largest absolute Gasteiger partial charge is 0.354 e. The van der Waals surface area contributed by atoms with Gasteiger partial charge in [-0.1, -0.05) is 103 Å². The van der Waals surface area contributed by atoms with Gasteiger partial charge in [-0.05, 0) is 17.2 Å². The van der Waals surface area contributed by atoms with Crippen molar-refractivity contribution in [3.63, 3.8) is 0 Å². The number of H-pyrrole nitrogens is 1. The van der Waals surface area contributed by atoms with Gasteiger partial charge in [-0.15, -0.1) is 11.3 Å². The first-order valence-electron chi connectivity index (χ1n) is 10.9. The van der Waals surface area contributed by atoms with Crippen molar-refractivity contribution < 1.29 is 0 Å². The van der Waals surface area contributed by atoms with Crippen LogP contribution in [0.25, 0.3) is 64.2 Å². The number of aromatic amines is 1. The zero-order valence-corrected chi connectivity index (χ0v) is 18.1. The molecule has 0 amide bonds. The smallest absolute Gasteiger partial charge is 0.0545 e. The number of nitrogens with one attached hydrogen (secondary N) is 1. The maximum atomic E-state index is 3.69. The molecule has 0 aliphatic carbocycles. The number of benzene rings is 5. The van der Waals surface area contributed by atoms with Crippen molar-refractivity contribution in [3.8, 4) is 22.3 Å². The molecule has 2 heteroatoms. The molecule has 0 aliphatic heterocycles. The van der Waals surface area contributed by atoms with Crippen molar-refractivity contribution in [3.05, 3.63) is 109 Å². The fraction of sp³-hybridized carbons (Fsp3) is 0. The van der Waals surface area contributed by atoms with Gasteiger partial charge < -0.3 is 4.98 Å². The summed E-state index contributed by atoms with van der Waals surface area (Å²) >= 11 is 1.91. The van der Waals surface area contributed by atoms with E-state index in [1.165, 1.54) is 64.2 Å². The Balaban J connectivity index is 1.56. The molecule has 0 saturated carbocycles. The van der Waals surface area contributed by atoms with E-state index in [9.17, 15) is 0 Å². The molecule has 0 fully saturated rings. The number of thiophene rings is 1. The Hall–Kier alpha value is -3.88. The third-order valence-corrected chi connectivity index (χ3v) is 7.73. The van der Waals surface area contributed by atoms with Gasteiger partial charge in [0.1, 0.15) is 0 Å². The molecule has 0 atom stereocenters. The Labute approximate surface area is 189 Å². The summed E-state index contributed by atoms with van der Waals surface area (Å²) in [5, 5.41) is 5.21. The lowest BCUT2D eigenvalue weighted by Gasteiger charge is -2.05. The molecule has 2 heterocycles. The summed E-state index contributed by atoms with van der Waals surface area (Å²) in [4.78, 5) is 3.69. The molecular weight excluding hydrogens is 406 g/mol. The molecule has 2 aromatic heterocycles. The average molecular weight is 426 g/mol. The van der Waals surface area contributed by atoms with Gasteiger partial charge in [0.15, 0.2) is 0 Å². The quantitative estimate of drug-likeness (QED) is 0.284. The second-order valence-electron chi connectivity index (χ2n) is 8.23. The predicted octanol–water partition coefficient (Wildman–Crippen LogP) is 9.02. The van der Waals surface area contributed by atoms with Crippen LogP contribution in [0.4, 0.5) is 0 Å². The zero-order chi connectivity index (χ0) is 21.1. The molecule has 0 bridgehead atoms. The van der Waals surface area contributed by atoms with Crippen molar-refractivity contribution in [2.45, 2.75) is 0 Å². The molecule has 32 heavy (non-hydrogen) atoms. The van der Waals surface area contributed by atoms with Gasteiger partial charge in [-0.2, -0.15) is 0 Å². The average Bonchev–Trinajstić information content (AvgIpc) is 3.43. The highest BCUT2D eigenvalue weighted by Gasteiger charge is 2.16. The van der Waals surface area contributed by atoms with Crippen LogP contribution in [0, 0.1) is 0 Å². The van der Waals surface area contributed by atoms with E-state index in [1.54, 1.807) is 0 Å². The highest BCUT2D eigenvalue weighted by molar-refractivity contribution is 7.26. The normalized spacial score (nSPS) is 11.8. The van der Waals surface area contributed by atoms with Crippen LogP contribution in [0.2, 0.25) is 0 Å². The molecule has 5 aromatic carbocycles. The van der Waals surface area contributed by atoms with Gasteiger partial charge >= 0.3 is 0 Å². The molecule has 7 aromatic rings. The lowest BCUT2D eigenvalue weighted by Crippen LogP contribution is -1.81. The van der Waals surface area contributed by atoms with Crippen molar-refractivity contribution >= 4 is 53.3 Å². The molecule has 0 saturated heterocycles. The van der Waals surface area contributed by atoms with Crippen molar-refractivity contribution in [2.24, 2.45) is 0 Å². The minimum Gasteiger partial charge on any atom is -0.354 e. The first-order valence-corrected chi connectivity index (χ1v) is 11.7. The zero-order valence-electron chi connectivity index (χ0n) is 17.3. The molecule has 0 spiro atoms. The van der Waals surface area contributed by atoms with E-state index in [4.69, 9.17) is 0 Å². The van der Waals surface area contributed by atoms with E-state index >= 15 is 0 Å². The fourth-order valence-electron chi connectivity index (χ4n) is 4.97. The molecule has 0 radical (unpaired) electrons. The maximum Gasteiger partial charge on any atom is 0.0545 e. The first-order chi connectivity index (χ1) is 15.9. The number of aromatic nitrogens is 1. The fourth-order valence-corrected chi connectivity index (χ4v) is 6.34. The molecule has 150 valence electrons. The van der Waals surface area contributed by atoms with Gasteiger partial charge in [0, 0.05) is 47.6 Å². The van der Waals surface area contributed by atoms with Gasteiger partial charge in [-0.3, -0.25) is 0 Å². The van der Waals surface area contributed by atoms with Crippen LogP contribution >= 0.6 is 11.3 Å². The minimum absolute atomic E-state index is 1.19. The van der Waals surface area contributed by atoms with Crippen LogP contribution in [0.15, 0.2) is 109 Å². The van der Waals surface area contributed by atoms with E-state index in [-0.39, 0.29) is 0 Å². The second-order valence-corrected chi connectivity index (χ2v) is 9.25. The van der Waals surface area contributed by atoms with E-state index in [0.717, 1.165) is 0 Å². The molecule has 1 nitrogen and oxygen atoms in total. The van der Waals surface area contributed by atoms with Gasteiger partial charge in [0.2, 0.25) is 0 Å². The lowest BCUT2D eigenvalue weighted by molar-refractivity contribution is 1.54. The summed E-state index contributed by atoms with van der Waals surface area (Å²) in [6, 6.07) is 39.3. The van der Waals surface area contributed by atoms with Gasteiger partial charge in [0.05, 0.1) is 5.52 Å². The SMILES string of the molecule is c1ccc(-c2cccc3c2sc2c(-c4cccc5c4[nH]c4ccccc45)cccc23)cc1. The monoisotopic (exact) mass is 425 g/mol. The third kappa shape index (κ3) is 2.50. The van der Waals surface area contributed by atoms with E-state index in [2.05, 4.69) is 114 Å². The summed E-state index contributed by atoms with van der Waals surface area (Å²) in [5.74, 6) is 0. The number of rotatable bonds is 2. The maximum absolute atomic E-state index is 3.69. The molecule has 0 unspecified atom stereocenters. The third-order valence-electron chi connectivity index (χ3n) is 6.44. The lowest BCUT2D eigenvalue weighted by atomic mass is 9.99. The van der Waals surface area contributed by atoms with Crippen LogP contribution < -0.4 is 0 Å². The highest BCUT2D eigenvalue weighted by atomic mass is 32.1. The van der Waals surface area contributed by atoms with Crippen molar-refractivity contribution in [2.75, 3.05) is 0 Å². The summed E-state index contributed by atoms with van der Waals surface area (Å²) < 4.78 is 2.70. The standard InChI is InChI=1S/C30H19NS/c1-2-9-19(10-3-1)20-12-6-16-25-26-17-8-15-24(30(26)32-29(20)25)23-14-7-13-22-21-11-4-5-18-27(21)31-28(22)23/h1-18,31H. The van der Waals surface area contributed by atoms with Crippen LogP contribution in [0.5, 0.6) is 0 Å². The van der Waals surface area contributed by atoms with Gasteiger partial charge in [-0.25, -0.2) is 0 Å². The Morgan fingerprint density at radius 3 is 1.84 bits per heavy atom. The number of hydrogen-bond donors (Lipinski definition) is 1. The summed E-state index contributed by atoms with van der Waals surface area (Å²) in [6.07, 6.45) is 0. The van der Waals surface area contributed by atoms with E-state index in [1.807, 2.05) is 11.3 Å². The van der Waals surface area contributed by atoms with Crippen LogP contribution in [-0.4, -0.2) is 4.98 Å². The van der Waals surface area contributed by atoms with Crippen LogP contribution in [-0.2, 0) is 0 Å². The van der Waals surface area contributed by atoms with Crippen molar-refractivity contribution in [1.29, 1.82) is 0 Å². The molecular formula is C30H19NS. The van der Waals surface area contributed by atoms with E-state index in [0.29, 0.717) is 0 Å².